The summed E-state index contributed by atoms with van der Waals surface area (Å²) in [5, 5.41) is 188. The highest BCUT2D eigenvalue weighted by atomic mass is 16.6. The van der Waals surface area contributed by atoms with Gasteiger partial charge in [-0.25, -0.2) is 9.59 Å². The highest BCUT2D eigenvalue weighted by Gasteiger charge is 2.76. The Hall–Kier alpha value is -9.40. The van der Waals surface area contributed by atoms with Gasteiger partial charge in [0.1, 0.15) is 12.2 Å². The third kappa shape index (κ3) is 8.18. The molecule has 0 spiro atoms. The molecule has 26 heteroatoms. The number of hydrogen-bond acceptors (Lipinski definition) is 26. The average Bonchev–Trinajstić information content (AvgIpc) is 3.28. The summed E-state index contributed by atoms with van der Waals surface area (Å²) in [5.74, 6) is -37.0. The molecule has 5 aromatic rings. The van der Waals surface area contributed by atoms with Gasteiger partial charge in [-0.3, -0.25) is 19.2 Å². The molecule has 0 bridgehead atoms. The lowest BCUT2D eigenvalue weighted by atomic mass is 9.65. The maximum absolute atomic E-state index is 15.6. The van der Waals surface area contributed by atoms with Crippen molar-refractivity contribution in [1.29, 1.82) is 0 Å². The molecule has 4 unspecified atom stereocenters. The molecule has 0 saturated carbocycles. The number of ketones is 4. The van der Waals surface area contributed by atoms with E-state index in [-0.39, 0.29) is 60.7 Å². The van der Waals surface area contributed by atoms with Gasteiger partial charge in [0.2, 0.25) is 17.3 Å². The van der Waals surface area contributed by atoms with Crippen LogP contribution in [-0.4, -0.2) is 157 Å². The van der Waals surface area contributed by atoms with E-state index in [0.717, 1.165) is 0 Å². The summed E-state index contributed by atoms with van der Waals surface area (Å²) in [5.41, 5.74) is -17.3. The minimum Gasteiger partial charge on any atom is -0.504 e. The van der Waals surface area contributed by atoms with Crippen molar-refractivity contribution in [3.05, 3.63) is 88.5 Å². The zero-order valence-corrected chi connectivity index (χ0v) is 33.0. The molecule has 0 aliphatic carbocycles. The van der Waals surface area contributed by atoms with Gasteiger partial charge in [0.25, 0.3) is 17.0 Å². The predicted octanol–water partition coefficient (Wildman–Crippen LogP) is -0.306. The molecule has 26 nitrogen and oxygen atoms in total. The van der Waals surface area contributed by atoms with E-state index in [0.29, 0.717) is 0 Å². The Kier molecular flexibility index (Phi) is 12.8. The molecule has 5 rings (SSSR count). The van der Waals surface area contributed by atoms with Crippen LogP contribution in [0.2, 0.25) is 0 Å². The zero-order valence-electron chi connectivity index (χ0n) is 33.0. The number of benzene rings is 5. The summed E-state index contributed by atoms with van der Waals surface area (Å²) in [4.78, 5) is 90.1. The Morgan fingerprint density at radius 1 is 0.403 bits per heavy atom. The van der Waals surface area contributed by atoms with Crippen LogP contribution in [-0.2, 0) is 14.3 Å². The number of carbonyl (C=O) groups is 6. The first-order valence-corrected chi connectivity index (χ1v) is 18.0. The molecule has 0 amide bonds. The third-order valence-corrected chi connectivity index (χ3v) is 9.78. The van der Waals surface area contributed by atoms with Crippen molar-refractivity contribution in [2.45, 2.75) is 23.4 Å². The maximum atomic E-state index is 15.6. The Morgan fingerprint density at radius 3 is 0.985 bits per heavy atom. The molecule has 5 aromatic carbocycles. The molecule has 0 saturated heterocycles. The summed E-state index contributed by atoms with van der Waals surface area (Å²) in [6.45, 7) is -1.89. The average molecular weight is 941 g/mol. The summed E-state index contributed by atoms with van der Waals surface area (Å²) in [6.07, 6.45) is -6.99. The number of Topliss-reactive ketones (excluding diaryl/α,β-unsaturated/α-hetero) is 4. The number of phenols is 15. The fraction of sp³-hybridized carbons (Fsp3) is 0.122. The van der Waals surface area contributed by atoms with Gasteiger partial charge < -0.3 is 101 Å². The van der Waals surface area contributed by atoms with Gasteiger partial charge in [0.05, 0.1) is 17.7 Å². The molecule has 352 valence electrons. The topological polar surface area (TPSA) is 485 Å². The molecule has 67 heavy (non-hydrogen) atoms. The number of esters is 2. The van der Waals surface area contributed by atoms with E-state index in [1.54, 1.807) is 0 Å². The number of rotatable bonds is 15. The van der Waals surface area contributed by atoms with Crippen molar-refractivity contribution >= 4 is 35.1 Å². The second-order valence-electron chi connectivity index (χ2n) is 14.0. The fourth-order valence-electron chi connectivity index (χ4n) is 6.42. The number of phenolic OH excluding ortho intramolecular Hbond substituents is 15. The first kappa shape index (κ1) is 48.6. The second kappa shape index (κ2) is 17.6. The lowest BCUT2D eigenvalue weighted by molar-refractivity contribution is -0.187. The lowest BCUT2D eigenvalue weighted by Crippen LogP contribution is -2.78. The van der Waals surface area contributed by atoms with Crippen LogP contribution in [0.1, 0.15) is 51.8 Å². The van der Waals surface area contributed by atoms with Gasteiger partial charge in [-0.1, -0.05) is 0 Å². The Morgan fingerprint density at radius 2 is 0.672 bits per heavy atom. The number of hydrogen-bond donors (Lipinski definition) is 18. The summed E-state index contributed by atoms with van der Waals surface area (Å²) in [6, 6.07) is 1.49. The molecule has 0 heterocycles. The molecule has 0 aromatic heterocycles. The van der Waals surface area contributed by atoms with E-state index in [4.69, 9.17) is 9.47 Å². The molecule has 0 aliphatic heterocycles. The van der Waals surface area contributed by atoms with Crippen LogP contribution in [0.5, 0.6) is 86.2 Å². The Labute approximate surface area is 369 Å². The fourth-order valence-corrected chi connectivity index (χ4v) is 6.42. The van der Waals surface area contributed by atoms with E-state index in [2.05, 4.69) is 0 Å². The monoisotopic (exact) mass is 940 g/mol. The van der Waals surface area contributed by atoms with Crippen molar-refractivity contribution in [2.75, 3.05) is 6.61 Å². The predicted molar refractivity (Wildman–Crippen MR) is 211 cm³/mol. The Balaban J connectivity index is 2.13. The largest absolute Gasteiger partial charge is 0.504 e. The Bertz CT molecular complexity index is 2810. The van der Waals surface area contributed by atoms with Gasteiger partial charge in [0, 0.05) is 16.7 Å². The van der Waals surface area contributed by atoms with E-state index in [1.165, 1.54) is 0 Å². The summed E-state index contributed by atoms with van der Waals surface area (Å²) >= 11 is 0. The summed E-state index contributed by atoms with van der Waals surface area (Å²) < 4.78 is 10.8. The van der Waals surface area contributed by atoms with Crippen LogP contribution in [0.25, 0.3) is 0 Å². The molecule has 0 fully saturated rings. The molecule has 18 N–H and O–H groups in total. The van der Waals surface area contributed by atoms with Crippen molar-refractivity contribution < 1.29 is 130 Å². The van der Waals surface area contributed by atoms with Crippen LogP contribution in [0.15, 0.2) is 60.7 Å². The lowest BCUT2D eigenvalue weighted by Gasteiger charge is -2.47. The number of carbonyl (C=O) groups excluding carboxylic acids is 6. The van der Waals surface area contributed by atoms with Gasteiger partial charge in [-0.05, 0) is 60.7 Å². The molecule has 0 aliphatic rings. The van der Waals surface area contributed by atoms with E-state index in [9.17, 15) is 106 Å². The number of ether oxygens (including phenoxy) is 2. The van der Waals surface area contributed by atoms with Gasteiger partial charge in [-0.2, -0.15) is 0 Å². The smallest absolute Gasteiger partial charge is 0.340 e. The van der Waals surface area contributed by atoms with Gasteiger partial charge >= 0.3 is 11.9 Å². The molecular weight excluding hydrogens is 908 g/mol. The van der Waals surface area contributed by atoms with Gasteiger partial charge in [0.15, 0.2) is 86.2 Å². The number of aliphatic hydroxyl groups is 3. The van der Waals surface area contributed by atoms with Crippen LogP contribution >= 0.6 is 0 Å². The quantitative estimate of drug-likeness (QED) is 0.0210. The van der Waals surface area contributed by atoms with Crippen LogP contribution < -0.4 is 0 Å². The van der Waals surface area contributed by atoms with Gasteiger partial charge in [-0.15, -0.1) is 0 Å². The van der Waals surface area contributed by atoms with E-state index < -0.39 is 179 Å². The summed E-state index contributed by atoms with van der Waals surface area (Å²) in [7, 11) is 0. The SMILES string of the molecule is O=C(OC(C(=O)C(=O)c1cc(O)c(O)c(O)c1)(C(=O)c1cc(O)c(O)c(O)c1)C(OC(=O)c1cc(O)c(O)c(O)c1)(C(=O)c1cc(O)c(O)c(O)c1)C(O)C(O)CO)c1cc(O)c(O)c(O)c1. The van der Waals surface area contributed by atoms with E-state index >= 15 is 14.4 Å². The third-order valence-electron chi connectivity index (χ3n) is 9.78. The van der Waals surface area contributed by atoms with Crippen molar-refractivity contribution in [2.24, 2.45) is 0 Å². The van der Waals surface area contributed by atoms with Crippen LogP contribution in [0.4, 0.5) is 0 Å². The highest BCUT2D eigenvalue weighted by molar-refractivity contribution is 6.52. The first-order valence-electron chi connectivity index (χ1n) is 18.0. The van der Waals surface area contributed by atoms with Crippen molar-refractivity contribution in [1.82, 2.24) is 0 Å². The van der Waals surface area contributed by atoms with Crippen LogP contribution in [0.3, 0.4) is 0 Å². The molecule has 4 atom stereocenters. The highest BCUT2D eigenvalue weighted by Crippen LogP contribution is 2.48. The first-order chi connectivity index (χ1) is 31.2. The normalized spacial score (nSPS) is 13.8. The molecule has 0 radical (unpaired) electrons. The number of aliphatic hydroxyl groups excluding tert-OH is 3. The van der Waals surface area contributed by atoms with Crippen LogP contribution in [0, 0.1) is 0 Å². The maximum Gasteiger partial charge on any atom is 0.340 e. The minimum atomic E-state index is -5.16. The standard InChI is InChI=1S/C41H32O26/c42-11-27(53)36(62)40(34(60)13-3-19(45)30(56)20(46)4-13,66-38(64)15-7-23(49)32(58)24(50)8-15)41(35(61)14-5-21(47)31(57)22(48)6-14,67-39(65)16-9-25(51)33(59)26(52)10-16)37(63)28(54)12-1-17(43)29(55)18(44)2-12/h1-10,27,36,42-53,55-59,62H,11H2. The number of aromatic hydroxyl groups is 15. The van der Waals surface area contributed by atoms with E-state index in [1.807, 2.05) is 0 Å². The second-order valence-corrected chi connectivity index (χ2v) is 14.0. The van der Waals surface area contributed by atoms with Crippen molar-refractivity contribution in [3.8, 4) is 86.2 Å². The molecular formula is C41H32O26. The van der Waals surface area contributed by atoms with Crippen molar-refractivity contribution in [3.63, 3.8) is 0 Å². The zero-order chi connectivity index (χ0) is 50.4. The minimum absolute atomic E-state index is 0.0777.